The van der Waals surface area contributed by atoms with Gasteiger partial charge in [-0.25, -0.2) is 0 Å². The fraction of sp³-hybridized carbons (Fsp3) is 0.500. The van der Waals surface area contributed by atoms with Crippen LogP contribution in [0.2, 0.25) is 0 Å². The van der Waals surface area contributed by atoms with Gasteiger partial charge in [-0.05, 0) is 38.2 Å². The molecule has 2 rings (SSSR count). The van der Waals surface area contributed by atoms with E-state index in [1.807, 2.05) is 24.3 Å². The molecule has 4 nitrogen and oxygen atoms in total. The number of hydrogen-bond donors (Lipinski definition) is 1. The highest BCUT2D eigenvalue weighted by molar-refractivity contribution is 5.50. The van der Waals surface area contributed by atoms with Crippen LogP contribution in [-0.2, 0) is 0 Å². The highest BCUT2D eigenvalue weighted by Crippen LogP contribution is 2.29. The van der Waals surface area contributed by atoms with Gasteiger partial charge in [-0.1, -0.05) is 0 Å². The zero-order valence-electron chi connectivity index (χ0n) is 11.1. The number of benzene rings is 1. The van der Waals surface area contributed by atoms with Crippen molar-refractivity contribution in [2.45, 2.75) is 24.9 Å². The molecular formula is C14H19N3O. The minimum absolute atomic E-state index is 0.426. The van der Waals surface area contributed by atoms with Gasteiger partial charge in [0.05, 0.1) is 13.2 Å². The number of nitrogens with one attached hydrogen (secondary N) is 1. The van der Waals surface area contributed by atoms with E-state index in [4.69, 9.17) is 4.74 Å². The van der Waals surface area contributed by atoms with Crippen LogP contribution in [0.25, 0.3) is 0 Å². The lowest BCUT2D eigenvalue weighted by Gasteiger charge is -2.23. The second kappa shape index (κ2) is 4.87. The smallest absolute Gasteiger partial charge is 0.139 e. The molecule has 1 aliphatic rings. The number of anilines is 1. The van der Waals surface area contributed by atoms with Crippen molar-refractivity contribution in [3.05, 3.63) is 24.3 Å². The lowest BCUT2D eigenvalue weighted by Crippen LogP contribution is -2.39. The molecule has 2 unspecified atom stereocenters. The number of likely N-dealkylation sites (tertiary alicyclic amines) is 1. The summed E-state index contributed by atoms with van der Waals surface area (Å²) in [6, 6.07) is 10.5. The normalized spacial score (nSPS) is 27.8. The maximum absolute atomic E-state index is 9.45. The molecule has 1 aliphatic heterocycles. The first-order valence-electron chi connectivity index (χ1n) is 6.12. The Balaban J connectivity index is 2.14. The van der Waals surface area contributed by atoms with E-state index < -0.39 is 5.54 Å². The second-order valence-corrected chi connectivity index (χ2v) is 5.02. The average Bonchev–Trinajstić information content (AvgIpc) is 2.66. The molecule has 1 aromatic rings. The molecule has 1 N–H and O–H groups in total. The Hall–Kier alpha value is -1.73. The van der Waals surface area contributed by atoms with Gasteiger partial charge in [0.15, 0.2) is 0 Å². The van der Waals surface area contributed by atoms with Crippen LogP contribution in [0, 0.1) is 11.3 Å². The van der Waals surface area contributed by atoms with Crippen molar-refractivity contribution in [1.82, 2.24) is 4.90 Å². The Bertz CT molecular complexity index is 439. The van der Waals surface area contributed by atoms with Crippen LogP contribution in [0.4, 0.5) is 5.69 Å². The number of ether oxygens (including phenoxy) is 1. The molecule has 1 heterocycles. The van der Waals surface area contributed by atoms with Crippen molar-refractivity contribution in [3.8, 4) is 11.8 Å². The van der Waals surface area contributed by atoms with Gasteiger partial charge >= 0.3 is 0 Å². The Labute approximate surface area is 108 Å². The molecule has 0 spiro atoms. The van der Waals surface area contributed by atoms with Gasteiger partial charge in [-0.3, -0.25) is 0 Å². The van der Waals surface area contributed by atoms with Gasteiger partial charge < -0.3 is 15.0 Å². The average molecular weight is 245 g/mol. The van der Waals surface area contributed by atoms with Crippen LogP contribution in [0.3, 0.4) is 0 Å². The second-order valence-electron chi connectivity index (χ2n) is 5.02. The van der Waals surface area contributed by atoms with Crippen LogP contribution in [-0.4, -0.2) is 37.2 Å². The van der Waals surface area contributed by atoms with E-state index in [1.165, 1.54) is 0 Å². The van der Waals surface area contributed by atoms with Crippen LogP contribution in [0.15, 0.2) is 24.3 Å². The van der Waals surface area contributed by atoms with Crippen molar-refractivity contribution in [2.24, 2.45) is 0 Å². The molecule has 1 fully saturated rings. The molecule has 1 saturated heterocycles. The first kappa shape index (κ1) is 12.7. The topological polar surface area (TPSA) is 48.3 Å². The molecule has 0 bridgehead atoms. The summed E-state index contributed by atoms with van der Waals surface area (Å²) >= 11 is 0. The Morgan fingerprint density at radius 2 is 2.11 bits per heavy atom. The SMILES string of the molecule is COc1ccc(NC2(C#N)CC(C)N(C)C2)cc1. The van der Waals surface area contributed by atoms with Gasteiger partial charge in [0.1, 0.15) is 11.3 Å². The third kappa shape index (κ3) is 2.41. The van der Waals surface area contributed by atoms with Crippen LogP contribution in [0.5, 0.6) is 5.75 Å². The lowest BCUT2D eigenvalue weighted by molar-refractivity contribution is 0.327. The van der Waals surface area contributed by atoms with E-state index in [2.05, 4.69) is 30.3 Å². The molecule has 2 atom stereocenters. The quantitative estimate of drug-likeness (QED) is 0.886. The molecule has 1 aromatic carbocycles. The van der Waals surface area contributed by atoms with Crippen LogP contribution in [0.1, 0.15) is 13.3 Å². The van der Waals surface area contributed by atoms with E-state index >= 15 is 0 Å². The highest BCUT2D eigenvalue weighted by Gasteiger charge is 2.41. The van der Waals surface area contributed by atoms with Crippen LogP contribution < -0.4 is 10.1 Å². The molecule has 18 heavy (non-hydrogen) atoms. The third-order valence-corrected chi connectivity index (χ3v) is 3.60. The minimum atomic E-state index is -0.483. The van der Waals surface area contributed by atoms with Crippen LogP contribution >= 0.6 is 0 Å². The van der Waals surface area contributed by atoms with E-state index in [9.17, 15) is 5.26 Å². The zero-order valence-corrected chi connectivity index (χ0v) is 11.1. The molecule has 4 heteroatoms. The minimum Gasteiger partial charge on any atom is -0.497 e. The number of hydrogen-bond acceptors (Lipinski definition) is 4. The lowest BCUT2D eigenvalue weighted by atomic mass is 9.98. The van der Waals surface area contributed by atoms with Crippen molar-refractivity contribution in [3.63, 3.8) is 0 Å². The number of nitriles is 1. The van der Waals surface area contributed by atoms with E-state index in [-0.39, 0.29) is 0 Å². The monoisotopic (exact) mass is 245 g/mol. The summed E-state index contributed by atoms with van der Waals surface area (Å²) in [7, 11) is 3.70. The molecule has 96 valence electrons. The maximum atomic E-state index is 9.45. The summed E-state index contributed by atoms with van der Waals surface area (Å²) in [4.78, 5) is 2.21. The summed E-state index contributed by atoms with van der Waals surface area (Å²) in [5, 5.41) is 12.8. The van der Waals surface area contributed by atoms with Gasteiger partial charge in [0, 0.05) is 24.7 Å². The zero-order chi connectivity index (χ0) is 13.2. The molecule has 0 radical (unpaired) electrons. The predicted molar refractivity (Wildman–Crippen MR) is 71.7 cm³/mol. The molecule has 0 aromatic heterocycles. The largest absolute Gasteiger partial charge is 0.497 e. The number of likely N-dealkylation sites (N-methyl/N-ethyl adjacent to an activating group) is 1. The van der Waals surface area contributed by atoms with Gasteiger partial charge in [0.25, 0.3) is 0 Å². The van der Waals surface area contributed by atoms with E-state index in [0.29, 0.717) is 6.04 Å². The van der Waals surface area contributed by atoms with Gasteiger partial charge in [-0.2, -0.15) is 5.26 Å². The van der Waals surface area contributed by atoms with Crippen molar-refractivity contribution in [2.75, 3.05) is 26.0 Å². The number of rotatable bonds is 3. The van der Waals surface area contributed by atoms with Gasteiger partial charge in [0.2, 0.25) is 0 Å². The summed E-state index contributed by atoms with van der Waals surface area (Å²) in [6.45, 7) is 2.89. The molecule has 0 aliphatic carbocycles. The Morgan fingerprint density at radius 1 is 1.44 bits per heavy atom. The first-order chi connectivity index (χ1) is 8.58. The van der Waals surface area contributed by atoms with Gasteiger partial charge in [-0.15, -0.1) is 0 Å². The Kier molecular flexibility index (Phi) is 3.44. The number of nitrogens with zero attached hydrogens (tertiary/aromatic N) is 2. The van der Waals surface area contributed by atoms with E-state index in [1.54, 1.807) is 7.11 Å². The standard InChI is InChI=1S/C14H19N3O/c1-11-8-14(9-15,10-17(11)2)16-12-4-6-13(18-3)7-5-12/h4-7,11,16H,8,10H2,1-3H3. The fourth-order valence-electron chi connectivity index (χ4n) is 2.46. The molecule has 0 saturated carbocycles. The predicted octanol–water partition coefficient (Wildman–Crippen LogP) is 2.09. The highest BCUT2D eigenvalue weighted by atomic mass is 16.5. The third-order valence-electron chi connectivity index (χ3n) is 3.60. The van der Waals surface area contributed by atoms with Crippen molar-refractivity contribution < 1.29 is 4.74 Å². The van der Waals surface area contributed by atoms with E-state index in [0.717, 1.165) is 24.4 Å². The summed E-state index contributed by atoms with van der Waals surface area (Å²) in [6.07, 6.45) is 0.839. The Morgan fingerprint density at radius 3 is 2.56 bits per heavy atom. The number of methoxy groups -OCH3 is 1. The summed E-state index contributed by atoms with van der Waals surface area (Å²) in [5.74, 6) is 0.823. The summed E-state index contributed by atoms with van der Waals surface area (Å²) < 4.78 is 5.12. The summed E-state index contributed by atoms with van der Waals surface area (Å²) in [5.41, 5.74) is 0.475. The molecule has 0 amide bonds. The maximum Gasteiger partial charge on any atom is 0.139 e. The molecular weight excluding hydrogens is 226 g/mol. The first-order valence-corrected chi connectivity index (χ1v) is 6.12. The van der Waals surface area contributed by atoms with Crippen molar-refractivity contribution >= 4 is 5.69 Å². The van der Waals surface area contributed by atoms with Crippen molar-refractivity contribution in [1.29, 1.82) is 5.26 Å². The fourth-order valence-corrected chi connectivity index (χ4v) is 2.46.